The van der Waals surface area contributed by atoms with Gasteiger partial charge in [0.25, 0.3) is 11.6 Å². The lowest BCUT2D eigenvalue weighted by atomic mass is 9.92. The zero-order valence-electron chi connectivity index (χ0n) is 15.4. The average molecular weight is 386 g/mol. The number of amides is 4. The van der Waals surface area contributed by atoms with E-state index in [1.165, 1.54) is 24.3 Å². The van der Waals surface area contributed by atoms with Crippen molar-refractivity contribution in [2.45, 2.75) is 26.3 Å². The number of anilines is 1. The normalized spacial score (nSPS) is 18.9. The molecule has 0 aliphatic carbocycles. The summed E-state index contributed by atoms with van der Waals surface area (Å²) in [5.41, 5.74) is -0.603. The summed E-state index contributed by atoms with van der Waals surface area (Å²) in [6, 6.07) is 6.19. The third-order valence-corrected chi connectivity index (χ3v) is 4.52. The van der Waals surface area contributed by atoms with Crippen LogP contribution in [0.2, 0.25) is 0 Å². The molecule has 1 aliphatic rings. The van der Waals surface area contributed by atoms with Gasteiger partial charge in [-0.2, -0.15) is 0 Å². The maximum Gasteiger partial charge on any atom is 0.325 e. The van der Waals surface area contributed by atoms with Crippen LogP contribution in [0.5, 0.6) is 0 Å². The van der Waals surface area contributed by atoms with Gasteiger partial charge in [-0.1, -0.05) is 0 Å². The van der Waals surface area contributed by atoms with Gasteiger partial charge >= 0.3 is 6.03 Å². The molecule has 10 nitrogen and oxygen atoms in total. The van der Waals surface area contributed by atoms with Crippen LogP contribution in [0.3, 0.4) is 0 Å². The number of benzene rings is 1. The van der Waals surface area contributed by atoms with Crippen LogP contribution in [0.25, 0.3) is 0 Å². The number of urea groups is 1. The predicted octanol–water partition coefficient (Wildman–Crippen LogP) is 2.21. The minimum atomic E-state index is -1.33. The first-order chi connectivity index (χ1) is 13.1. The number of non-ortho nitro benzene ring substituents is 1. The molecular weight excluding hydrogens is 368 g/mol. The summed E-state index contributed by atoms with van der Waals surface area (Å²) in [4.78, 5) is 48.3. The van der Waals surface area contributed by atoms with Gasteiger partial charge in [0, 0.05) is 23.4 Å². The highest BCUT2D eigenvalue weighted by Gasteiger charge is 2.51. The summed E-state index contributed by atoms with van der Waals surface area (Å²) in [7, 11) is 0. The van der Waals surface area contributed by atoms with Gasteiger partial charge in [0.05, 0.1) is 4.92 Å². The average Bonchev–Trinajstić information content (AvgIpc) is 3.07. The Hall–Kier alpha value is -3.69. The number of nitrogens with zero attached hydrogens (tertiary/aromatic N) is 2. The molecule has 146 valence electrons. The highest BCUT2D eigenvalue weighted by Crippen LogP contribution is 2.32. The second kappa shape index (κ2) is 6.80. The first-order valence-electron chi connectivity index (χ1n) is 8.38. The van der Waals surface area contributed by atoms with E-state index in [0.29, 0.717) is 22.8 Å². The lowest BCUT2D eigenvalue weighted by Crippen LogP contribution is -2.42. The number of hydrogen-bond donors (Lipinski definition) is 2. The third kappa shape index (κ3) is 3.31. The van der Waals surface area contributed by atoms with E-state index < -0.39 is 34.9 Å². The molecule has 0 bridgehead atoms. The van der Waals surface area contributed by atoms with Crippen molar-refractivity contribution < 1.29 is 23.7 Å². The number of aryl methyl sites for hydroxylation is 2. The number of nitro benzene ring substituents is 1. The number of imide groups is 1. The molecule has 1 atom stereocenters. The molecule has 1 aromatic carbocycles. The first-order valence-corrected chi connectivity index (χ1v) is 8.38. The molecule has 2 aromatic rings. The van der Waals surface area contributed by atoms with Crippen molar-refractivity contribution in [3.63, 3.8) is 0 Å². The summed E-state index contributed by atoms with van der Waals surface area (Å²) in [6.07, 6.45) is 0. The fourth-order valence-corrected chi connectivity index (χ4v) is 3.16. The number of carbonyl (C=O) groups excluding carboxylic acids is 3. The topological polar surface area (TPSA) is 135 Å². The number of nitrogens with one attached hydrogen (secondary N) is 2. The Morgan fingerprint density at radius 3 is 2.46 bits per heavy atom. The summed E-state index contributed by atoms with van der Waals surface area (Å²) < 4.78 is 5.45. The standard InChI is InChI=1S/C18H18N4O6/c1-10-8-14(11(2)28-10)18(3)16(24)21(17(25)20-18)9-15(23)19-12-4-6-13(7-5-12)22(26)27/h4-8H,9H2,1-3H3,(H,19,23)(H,20,25). The van der Waals surface area contributed by atoms with Crippen molar-refractivity contribution >= 4 is 29.2 Å². The first kappa shape index (κ1) is 19.1. The lowest BCUT2D eigenvalue weighted by molar-refractivity contribution is -0.384. The van der Waals surface area contributed by atoms with E-state index in [1.54, 1.807) is 26.8 Å². The van der Waals surface area contributed by atoms with Gasteiger partial charge in [-0.05, 0) is 39.0 Å². The SMILES string of the molecule is Cc1cc(C2(C)NC(=O)N(CC(=O)Nc3ccc([N+](=O)[O-])cc3)C2=O)c(C)o1. The van der Waals surface area contributed by atoms with Gasteiger partial charge in [-0.3, -0.25) is 24.6 Å². The minimum absolute atomic E-state index is 0.117. The van der Waals surface area contributed by atoms with E-state index >= 15 is 0 Å². The quantitative estimate of drug-likeness (QED) is 0.459. The van der Waals surface area contributed by atoms with E-state index in [0.717, 1.165) is 4.90 Å². The van der Waals surface area contributed by atoms with Crippen molar-refractivity contribution in [1.82, 2.24) is 10.2 Å². The molecule has 1 saturated heterocycles. The molecule has 10 heteroatoms. The Labute approximate surface area is 159 Å². The maximum atomic E-state index is 12.9. The Kier molecular flexibility index (Phi) is 4.63. The summed E-state index contributed by atoms with van der Waals surface area (Å²) in [5.74, 6) is -0.0714. The van der Waals surface area contributed by atoms with Crippen molar-refractivity contribution in [3.05, 3.63) is 57.5 Å². The molecule has 0 radical (unpaired) electrons. The zero-order chi connectivity index (χ0) is 20.6. The Balaban J connectivity index is 1.72. The lowest BCUT2D eigenvalue weighted by Gasteiger charge is -2.21. The van der Waals surface area contributed by atoms with Gasteiger partial charge in [0.15, 0.2) is 0 Å². The monoisotopic (exact) mass is 386 g/mol. The van der Waals surface area contributed by atoms with Crippen molar-refractivity contribution in [2.24, 2.45) is 0 Å². The smallest absolute Gasteiger partial charge is 0.325 e. The fourth-order valence-electron chi connectivity index (χ4n) is 3.16. The van der Waals surface area contributed by atoms with E-state index in [1.807, 2.05) is 0 Å². The van der Waals surface area contributed by atoms with Crippen LogP contribution in [-0.4, -0.2) is 34.2 Å². The van der Waals surface area contributed by atoms with Crippen LogP contribution >= 0.6 is 0 Å². The molecule has 4 amide bonds. The minimum Gasteiger partial charge on any atom is -0.466 e. The van der Waals surface area contributed by atoms with Crippen molar-refractivity contribution in [2.75, 3.05) is 11.9 Å². The molecule has 28 heavy (non-hydrogen) atoms. The number of furan rings is 1. The number of carbonyl (C=O) groups is 3. The molecule has 0 spiro atoms. The van der Waals surface area contributed by atoms with E-state index in [4.69, 9.17) is 4.42 Å². The van der Waals surface area contributed by atoms with Crippen LogP contribution < -0.4 is 10.6 Å². The molecule has 0 saturated carbocycles. The number of nitro groups is 1. The molecule has 3 rings (SSSR count). The molecule has 1 fully saturated rings. The number of hydrogen-bond acceptors (Lipinski definition) is 6. The van der Waals surface area contributed by atoms with Crippen molar-refractivity contribution in [3.8, 4) is 0 Å². The predicted molar refractivity (Wildman–Crippen MR) is 97.5 cm³/mol. The van der Waals surface area contributed by atoms with Crippen LogP contribution in [0.1, 0.15) is 24.0 Å². The molecule has 1 aromatic heterocycles. The van der Waals surface area contributed by atoms with Gasteiger partial charge in [-0.15, -0.1) is 0 Å². The molecule has 1 aliphatic heterocycles. The van der Waals surface area contributed by atoms with Gasteiger partial charge < -0.3 is 15.1 Å². The van der Waals surface area contributed by atoms with Crippen LogP contribution in [0.4, 0.5) is 16.2 Å². The van der Waals surface area contributed by atoms with E-state index in [2.05, 4.69) is 10.6 Å². The largest absolute Gasteiger partial charge is 0.466 e. The van der Waals surface area contributed by atoms with Crippen LogP contribution in [0, 0.1) is 24.0 Å². The summed E-state index contributed by atoms with van der Waals surface area (Å²) in [5, 5.41) is 15.8. The summed E-state index contributed by atoms with van der Waals surface area (Å²) >= 11 is 0. The van der Waals surface area contributed by atoms with E-state index in [9.17, 15) is 24.5 Å². The van der Waals surface area contributed by atoms with Gasteiger partial charge in [0.1, 0.15) is 23.6 Å². The molecule has 2 heterocycles. The second-order valence-corrected chi connectivity index (χ2v) is 6.63. The maximum absolute atomic E-state index is 12.9. The van der Waals surface area contributed by atoms with Crippen LogP contribution in [-0.2, 0) is 15.1 Å². The number of rotatable bonds is 5. The Morgan fingerprint density at radius 1 is 1.29 bits per heavy atom. The Bertz CT molecular complexity index is 980. The molecule has 1 unspecified atom stereocenters. The van der Waals surface area contributed by atoms with Crippen molar-refractivity contribution in [1.29, 1.82) is 0 Å². The second-order valence-electron chi connectivity index (χ2n) is 6.63. The van der Waals surface area contributed by atoms with Crippen LogP contribution in [0.15, 0.2) is 34.7 Å². The molecule has 2 N–H and O–H groups in total. The fraction of sp³-hybridized carbons (Fsp3) is 0.278. The highest BCUT2D eigenvalue weighted by atomic mass is 16.6. The Morgan fingerprint density at radius 2 is 1.93 bits per heavy atom. The van der Waals surface area contributed by atoms with Gasteiger partial charge in [-0.25, -0.2) is 4.79 Å². The zero-order valence-corrected chi connectivity index (χ0v) is 15.4. The van der Waals surface area contributed by atoms with Gasteiger partial charge in [0.2, 0.25) is 5.91 Å². The highest BCUT2D eigenvalue weighted by molar-refractivity contribution is 6.10. The van der Waals surface area contributed by atoms with E-state index in [-0.39, 0.29) is 5.69 Å². The molecular formula is C18H18N4O6. The third-order valence-electron chi connectivity index (χ3n) is 4.52. The summed E-state index contributed by atoms with van der Waals surface area (Å²) in [6.45, 7) is 4.49.